The number of halogens is 4. The van der Waals surface area contributed by atoms with Gasteiger partial charge >= 0.3 is 18.2 Å². The maximum Gasteiger partial charge on any atom is 0.423 e. The molecule has 0 radical (unpaired) electrons. The number of fused-ring (bicyclic) bond motifs is 1. The van der Waals surface area contributed by atoms with Crippen LogP contribution in [0.25, 0.3) is 11.0 Å². The molecule has 9 nitrogen and oxygen atoms in total. The molecule has 2 aromatic rings. The van der Waals surface area contributed by atoms with Gasteiger partial charge in [-0.05, 0) is 60.1 Å². The fourth-order valence-electron chi connectivity index (χ4n) is 3.29. The highest BCUT2D eigenvalue weighted by Crippen LogP contribution is 2.44. The average Bonchev–Trinajstić information content (AvgIpc) is 3.14. The van der Waals surface area contributed by atoms with E-state index in [0.29, 0.717) is 0 Å². The van der Waals surface area contributed by atoms with Gasteiger partial charge in [0, 0.05) is 45.2 Å². The van der Waals surface area contributed by atoms with Gasteiger partial charge < -0.3 is 24.4 Å². The number of aliphatic hydroxyl groups is 1. The number of hydrogen-bond acceptors (Lipinski definition) is 8. The number of amides is 1. The van der Waals surface area contributed by atoms with Gasteiger partial charge in [0.1, 0.15) is 22.9 Å². The minimum Gasteiger partial charge on any atom is -0.458 e. The first-order valence-corrected chi connectivity index (χ1v) is 13.5. The van der Waals surface area contributed by atoms with Gasteiger partial charge in [0.05, 0.1) is 0 Å². The van der Waals surface area contributed by atoms with Crippen LogP contribution in [0.2, 0.25) is 5.02 Å². The van der Waals surface area contributed by atoms with Crippen molar-refractivity contribution in [2.75, 3.05) is 11.5 Å². The second-order valence-electron chi connectivity index (χ2n) is 10.6. The number of nitrogens with zero attached hydrogens (tertiary/aromatic N) is 1. The number of aromatic nitrogens is 1. The first-order chi connectivity index (χ1) is 17.2. The number of benzene rings is 1. The van der Waals surface area contributed by atoms with Crippen LogP contribution in [0, 0.1) is 0 Å². The Labute approximate surface area is 225 Å². The molecule has 0 spiro atoms. The predicted molar refractivity (Wildman–Crippen MR) is 135 cm³/mol. The van der Waals surface area contributed by atoms with Gasteiger partial charge in [-0.3, -0.25) is 4.21 Å². The molecule has 1 aromatic heterocycles. The Morgan fingerprint density at radius 1 is 1.11 bits per heavy atom. The lowest BCUT2D eigenvalue weighted by molar-refractivity contribution is -0.268. The van der Waals surface area contributed by atoms with Crippen LogP contribution in [0.1, 0.15) is 60.1 Å². The Morgan fingerprint density at radius 3 is 2.26 bits per heavy atom. The molecule has 0 fully saturated rings. The Balaban J connectivity index is 2.15. The normalized spacial score (nSPS) is 16.0. The van der Waals surface area contributed by atoms with Crippen molar-refractivity contribution in [2.45, 2.75) is 83.4 Å². The van der Waals surface area contributed by atoms with E-state index in [0.717, 1.165) is 0 Å². The summed E-state index contributed by atoms with van der Waals surface area (Å²) in [6, 6.07) is 2.56. The van der Waals surface area contributed by atoms with Gasteiger partial charge in [0.2, 0.25) is 5.60 Å². The van der Waals surface area contributed by atoms with Crippen molar-refractivity contribution >= 4 is 45.4 Å². The number of ether oxygens (including phenoxy) is 2. The molecule has 0 saturated heterocycles. The van der Waals surface area contributed by atoms with Crippen LogP contribution in [0.15, 0.2) is 22.7 Å². The number of nitrogens with one attached hydrogen (secondary N) is 1. The van der Waals surface area contributed by atoms with Crippen molar-refractivity contribution in [2.24, 2.45) is 0 Å². The van der Waals surface area contributed by atoms with Crippen molar-refractivity contribution in [3.05, 3.63) is 28.9 Å². The third kappa shape index (κ3) is 8.84. The summed E-state index contributed by atoms with van der Waals surface area (Å²) in [5, 5.41) is 16.6. The Bertz CT molecular complexity index is 1170. The summed E-state index contributed by atoms with van der Waals surface area (Å²) >= 11 is 5.84. The molecule has 14 heteroatoms. The molecule has 0 bridgehead atoms. The fraction of sp³-hybridized carbons (Fsp3) is 0.625. The van der Waals surface area contributed by atoms with Crippen molar-refractivity contribution in [1.29, 1.82) is 0 Å². The molecule has 38 heavy (non-hydrogen) atoms. The molecule has 1 amide bonds. The van der Waals surface area contributed by atoms with Crippen LogP contribution >= 0.6 is 11.6 Å². The first kappa shape index (κ1) is 31.8. The third-order valence-corrected chi connectivity index (χ3v) is 6.59. The van der Waals surface area contributed by atoms with Gasteiger partial charge in [0.25, 0.3) is 0 Å². The van der Waals surface area contributed by atoms with E-state index in [1.165, 1.54) is 18.2 Å². The van der Waals surface area contributed by atoms with Crippen LogP contribution in [-0.2, 0) is 30.7 Å². The molecule has 214 valence electrons. The molecule has 0 aliphatic carbocycles. The predicted octanol–water partition coefficient (Wildman–Crippen LogP) is 5.00. The lowest BCUT2D eigenvalue weighted by Crippen LogP contribution is -2.47. The molecular formula is C24H32ClF3N2O7S. The van der Waals surface area contributed by atoms with Gasteiger partial charge in [-0.15, -0.1) is 0 Å². The van der Waals surface area contributed by atoms with Crippen molar-refractivity contribution in [3.8, 4) is 0 Å². The molecular weight excluding hydrogens is 553 g/mol. The number of hydrogen-bond donors (Lipinski definition) is 2. The minimum atomic E-state index is -5.17. The summed E-state index contributed by atoms with van der Waals surface area (Å²) in [5.41, 5.74) is -6.03. The number of alkyl halides is 3. The highest BCUT2D eigenvalue weighted by atomic mass is 35.5. The second-order valence-corrected chi connectivity index (χ2v) is 12.8. The topological polar surface area (TPSA) is 128 Å². The molecule has 2 N–H and O–H groups in total. The van der Waals surface area contributed by atoms with Crippen LogP contribution in [0.4, 0.5) is 18.0 Å². The average molecular weight is 585 g/mol. The van der Waals surface area contributed by atoms with E-state index in [1.807, 2.05) is 0 Å². The number of rotatable bonds is 9. The summed E-state index contributed by atoms with van der Waals surface area (Å²) in [7, 11) is -1.93. The Kier molecular flexibility index (Phi) is 9.87. The fourth-order valence-corrected chi connectivity index (χ4v) is 4.68. The number of carbonyl (C=O) groups excluding carboxylic acids is 2. The summed E-state index contributed by atoms with van der Waals surface area (Å²) in [5.74, 6) is -1.69. The van der Waals surface area contributed by atoms with Crippen LogP contribution in [0.5, 0.6) is 0 Å². The van der Waals surface area contributed by atoms with Crippen molar-refractivity contribution < 1.29 is 46.1 Å². The molecule has 0 aliphatic rings. The molecule has 0 saturated carbocycles. The molecule has 1 heterocycles. The van der Waals surface area contributed by atoms with E-state index in [-0.39, 0.29) is 28.2 Å². The van der Waals surface area contributed by atoms with Crippen LogP contribution in [0.3, 0.4) is 0 Å². The number of alkyl carbamates (subject to hydrolysis) is 1. The number of carbonyl (C=O) groups is 2. The zero-order valence-corrected chi connectivity index (χ0v) is 23.5. The standard InChI is InChI=1S/C24H32ClF3N2O7S/c1-21(2,3)35-19(31)16(29-20(32)36-22(4,5)6)9-11-38(34)12-10-23(33,24(26,27)28)18-15-8-7-14(25)13-17(15)37-30-18/h7-8,13,16,33H,9-12H2,1-6H3,(H,29,32). The third-order valence-electron chi connectivity index (χ3n) is 5.00. The summed E-state index contributed by atoms with van der Waals surface area (Å²) in [4.78, 5) is 24.8. The minimum absolute atomic E-state index is 0.0512. The zero-order valence-electron chi connectivity index (χ0n) is 21.9. The highest BCUT2D eigenvalue weighted by molar-refractivity contribution is 7.84. The van der Waals surface area contributed by atoms with Crippen molar-refractivity contribution in [3.63, 3.8) is 0 Å². The summed E-state index contributed by atoms with van der Waals surface area (Å²) < 4.78 is 70.1. The van der Waals surface area contributed by atoms with Gasteiger partial charge in [0.15, 0.2) is 5.58 Å². The second kappa shape index (κ2) is 11.8. The highest BCUT2D eigenvalue weighted by Gasteiger charge is 2.57. The SMILES string of the molecule is CC(C)(C)OC(=O)NC(CCS(=O)CCC(O)(c1noc2cc(Cl)ccc12)C(F)(F)F)C(=O)OC(C)(C)C. The Morgan fingerprint density at radius 2 is 1.71 bits per heavy atom. The maximum absolute atomic E-state index is 14.0. The quantitative estimate of drug-likeness (QED) is 0.394. The van der Waals surface area contributed by atoms with E-state index in [2.05, 4.69) is 10.5 Å². The van der Waals surface area contributed by atoms with Gasteiger partial charge in [-0.25, -0.2) is 9.59 Å². The summed E-state index contributed by atoms with van der Waals surface area (Å²) in [6.07, 6.45) is -7.29. The summed E-state index contributed by atoms with van der Waals surface area (Å²) in [6.45, 7) is 9.73. The molecule has 3 atom stereocenters. The molecule has 2 rings (SSSR count). The van der Waals surface area contributed by atoms with Gasteiger partial charge in [-0.2, -0.15) is 13.2 Å². The largest absolute Gasteiger partial charge is 0.458 e. The number of esters is 1. The maximum atomic E-state index is 14.0. The lowest BCUT2D eigenvalue weighted by atomic mass is 9.93. The molecule has 3 unspecified atom stereocenters. The zero-order chi connectivity index (χ0) is 29.1. The molecule has 1 aromatic carbocycles. The van der Waals surface area contributed by atoms with E-state index in [9.17, 15) is 32.1 Å². The van der Waals surface area contributed by atoms with E-state index in [1.54, 1.807) is 41.5 Å². The first-order valence-electron chi connectivity index (χ1n) is 11.6. The van der Waals surface area contributed by atoms with Gasteiger partial charge in [-0.1, -0.05) is 16.8 Å². The van der Waals surface area contributed by atoms with Crippen molar-refractivity contribution in [1.82, 2.24) is 10.5 Å². The van der Waals surface area contributed by atoms with E-state index < -0.39 is 69.8 Å². The monoisotopic (exact) mass is 584 g/mol. The Hall–Kier alpha value is -2.38. The van der Waals surface area contributed by atoms with E-state index in [4.69, 9.17) is 25.6 Å². The van der Waals surface area contributed by atoms with E-state index >= 15 is 0 Å². The lowest BCUT2D eigenvalue weighted by Gasteiger charge is -2.29. The smallest absolute Gasteiger partial charge is 0.423 e. The van der Waals surface area contributed by atoms with Crippen LogP contribution in [-0.4, -0.2) is 61.5 Å². The molecule has 0 aliphatic heterocycles. The van der Waals surface area contributed by atoms with Crippen LogP contribution < -0.4 is 5.32 Å².